The van der Waals surface area contributed by atoms with E-state index in [9.17, 15) is 13.6 Å². The largest absolute Gasteiger partial charge is 0.352 e. The van der Waals surface area contributed by atoms with Crippen molar-refractivity contribution in [2.45, 2.75) is 45.5 Å². The third kappa shape index (κ3) is 4.48. The molecule has 1 aromatic rings. The van der Waals surface area contributed by atoms with Gasteiger partial charge in [0.25, 0.3) is 12.3 Å². The fourth-order valence-corrected chi connectivity index (χ4v) is 2.89. The van der Waals surface area contributed by atoms with Crippen molar-refractivity contribution in [1.29, 1.82) is 0 Å². The molecular formula is C16H22F2N2O. The van der Waals surface area contributed by atoms with Gasteiger partial charge in [-0.25, -0.2) is 8.78 Å². The van der Waals surface area contributed by atoms with E-state index in [0.717, 1.165) is 0 Å². The number of nitrogens with one attached hydrogen (secondary N) is 1. The van der Waals surface area contributed by atoms with Crippen molar-refractivity contribution in [3.63, 3.8) is 0 Å². The Morgan fingerprint density at radius 1 is 1.33 bits per heavy atom. The van der Waals surface area contributed by atoms with E-state index in [1.165, 1.54) is 50.4 Å². The molecule has 1 aromatic heterocycles. The van der Waals surface area contributed by atoms with E-state index in [2.05, 4.69) is 17.2 Å². The van der Waals surface area contributed by atoms with Gasteiger partial charge < -0.3 is 5.32 Å². The summed E-state index contributed by atoms with van der Waals surface area (Å²) in [5.74, 6) is 0.881. The summed E-state index contributed by atoms with van der Waals surface area (Å²) in [6.45, 7) is 2.79. The highest BCUT2D eigenvalue weighted by Crippen LogP contribution is 2.29. The van der Waals surface area contributed by atoms with Crippen LogP contribution < -0.4 is 5.32 Å². The zero-order chi connectivity index (χ0) is 15.2. The van der Waals surface area contributed by atoms with Crippen molar-refractivity contribution >= 4 is 5.91 Å². The standard InChI is InChI=1S/C16H22F2N2O/c1-11(12-5-3-2-4-6-12)9-20-16(21)13-7-8-14(15(17)18)19-10-13/h7-8,10-12,15H,2-6,9H2,1H3,(H,20,21). The van der Waals surface area contributed by atoms with E-state index in [4.69, 9.17) is 0 Å². The van der Waals surface area contributed by atoms with Gasteiger partial charge in [0.15, 0.2) is 0 Å². The maximum Gasteiger partial charge on any atom is 0.280 e. The molecule has 0 aromatic carbocycles. The number of nitrogens with zero attached hydrogens (tertiary/aromatic N) is 1. The lowest BCUT2D eigenvalue weighted by molar-refractivity contribution is 0.0939. The predicted molar refractivity (Wildman–Crippen MR) is 77.3 cm³/mol. The van der Waals surface area contributed by atoms with Crippen LogP contribution >= 0.6 is 0 Å². The van der Waals surface area contributed by atoms with Crippen LogP contribution in [0.1, 0.15) is 61.5 Å². The van der Waals surface area contributed by atoms with Crippen LogP contribution in [0.15, 0.2) is 18.3 Å². The smallest absolute Gasteiger partial charge is 0.280 e. The lowest BCUT2D eigenvalue weighted by Gasteiger charge is -2.27. The van der Waals surface area contributed by atoms with Gasteiger partial charge in [-0.05, 0) is 24.0 Å². The lowest BCUT2D eigenvalue weighted by Crippen LogP contribution is -2.32. The van der Waals surface area contributed by atoms with Gasteiger partial charge in [0.05, 0.1) is 5.56 Å². The van der Waals surface area contributed by atoms with E-state index in [1.54, 1.807) is 0 Å². The molecule has 1 amide bonds. The van der Waals surface area contributed by atoms with Crippen LogP contribution in [0.5, 0.6) is 0 Å². The van der Waals surface area contributed by atoms with Crippen molar-refractivity contribution in [3.8, 4) is 0 Å². The van der Waals surface area contributed by atoms with Crippen molar-refractivity contribution in [2.75, 3.05) is 6.54 Å². The molecule has 1 saturated carbocycles. The molecule has 1 N–H and O–H groups in total. The molecule has 0 saturated heterocycles. The number of carbonyl (C=O) groups excluding carboxylic acids is 1. The molecule has 2 rings (SSSR count). The fourth-order valence-electron chi connectivity index (χ4n) is 2.89. The molecule has 1 aliphatic carbocycles. The number of hydrogen-bond acceptors (Lipinski definition) is 2. The highest BCUT2D eigenvalue weighted by atomic mass is 19.3. The van der Waals surface area contributed by atoms with Crippen molar-refractivity contribution in [2.24, 2.45) is 11.8 Å². The summed E-state index contributed by atoms with van der Waals surface area (Å²) < 4.78 is 24.8. The Balaban J connectivity index is 1.83. The van der Waals surface area contributed by atoms with Crippen LogP contribution in [0.2, 0.25) is 0 Å². The molecule has 0 radical (unpaired) electrons. The zero-order valence-electron chi connectivity index (χ0n) is 12.3. The summed E-state index contributed by atoms with van der Waals surface area (Å²) in [7, 11) is 0. The highest BCUT2D eigenvalue weighted by molar-refractivity contribution is 5.93. The summed E-state index contributed by atoms with van der Waals surface area (Å²) in [6.07, 6.45) is 4.96. The summed E-state index contributed by atoms with van der Waals surface area (Å²) in [4.78, 5) is 15.6. The topological polar surface area (TPSA) is 42.0 Å². The van der Waals surface area contributed by atoms with Crippen LogP contribution in [0, 0.1) is 11.8 Å². The first kappa shape index (κ1) is 15.9. The maximum absolute atomic E-state index is 12.4. The first-order valence-corrected chi connectivity index (χ1v) is 7.60. The number of amides is 1. The predicted octanol–water partition coefficient (Wildman–Crippen LogP) is 3.97. The summed E-state index contributed by atoms with van der Waals surface area (Å²) in [5.41, 5.74) is 0.0253. The number of pyridine rings is 1. The average Bonchev–Trinajstić information content (AvgIpc) is 2.53. The Labute approximate surface area is 124 Å². The second-order valence-corrected chi connectivity index (χ2v) is 5.86. The molecule has 1 aliphatic rings. The summed E-state index contributed by atoms with van der Waals surface area (Å²) in [5, 5.41) is 2.88. The minimum atomic E-state index is -2.60. The number of alkyl halides is 2. The molecule has 0 aliphatic heterocycles. The second kappa shape index (κ2) is 7.48. The van der Waals surface area contributed by atoms with Gasteiger partial charge in [-0.3, -0.25) is 9.78 Å². The molecule has 116 valence electrons. The normalized spacial score (nSPS) is 17.7. The lowest BCUT2D eigenvalue weighted by atomic mass is 9.81. The van der Waals surface area contributed by atoms with E-state index < -0.39 is 6.43 Å². The minimum absolute atomic E-state index is 0.244. The van der Waals surface area contributed by atoms with Crippen LogP contribution in [-0.4, -0.2) is 17.4 Å². The van der Waals surface area contributed by atoms with Gasteiger partial charge in [0, 0.05) is 12.7 Å². The Morgan fingerprint density at radius 3 is 2.62 bits per heavy atom. The summed E-state index contributed by atoms with van der Waals surface area (Å²) in [6, 6.07) is 2.60. The Morgan fingerprint density at radius 2 is 2.05 bits per heavy atom. The van der Waals surface area contributed by atoms with E-state index in [0.29, 0.717) is 23.9 Å². The number of carbonyl (C=O) groups is 1. The first-order chi connectivity index (χ1) is 10.1. The van der Waals surface area contributed by atoms with Gasteiger partial charge in [0.2, 0.25) is 0 Å². The van der Waals surface area contributed by atoms with Gasteiger partial charge in [-0.2, -0.15) is 0 Å². The van der Waals surface area contributed by atoms with Crippen molar-refractivity contribution in [1.82, 2.24) is 10.3 Å². The number of halogens is 2. The van der Waals surface area contributed by atoms with Gasteiger partial charge >= 0.3 is 0 Å². The average molecular weight is 296 g/mol. The zero-order valence-corrected chi connectivity index (χ0v) is 12.3. The molecule has 0 bridgehead atoms. The summed E-state index contributed by atoms with van der Waals surface area (Å²) >= 11 is 0. The van der Waals surface area contributed by atoms with Crippen LogP contribution in [0.3, 0.4) is 0 Å². The third-order valence-corrected chi connectivity index (χ3v) is 4.31. The third-order valence-electron chi connectivity index (χ3n) is 4.31. The number of hydrogen-bond donors (Lipinski definition) is 1. The maximum atomic E-state index is 12.4. The fraction of sp³-hybridized carbons (Fsp3) is 0.625. The Hall–Kier alpha value is -1.52. The van der Waals surface area contributed by atoms with Crippen molar-refractivity contribution < 1.29 is 13.6 Å². The monoisotopic (exact) mass is 296 g/mol. The molecule has 1 atom stereocenters. The second-order valence-electron chi connectivity index (χ2n) is 5.86. The van der Waals surface area contributed by atoms with Gasteiger partial charge in [-0.1, -0.05) is 39.0 Å². The van der Waals surface area contributed by atoms with Crippen molar-refractivity contribution in [3.05, 3.63) is 29.6 Å². The molecule has 1 fully saturated rings. The van der Waals surface area contributed by atoms with E-state index >= 15 is 0 Å². The Bertz CT molecular complexity index is 456. The SMILES string of the molecule is CC(CNC(=O)c1ccc(C(F)F)nc1)C1CCCCC1. The molecule has 5 heteroatoms. The molecule has 3 nitrogen and oxygen atoms in total. The Kier molecular flexibility index (Phi) is 5.65. The molecule has 1 unspecified atom stereocenters. The molecule has 0 spiro atoms. The van der Waals surface area contributed by atoms with Gasteiger partial charge in [0.1, 0.15) is 5.69 Å². The first-order valence-electron chi connectivity index (χ1n) is 7.60. The molecular weight excluding hydrogens is 274 g/mol. The van der Waals surface area contributed by atoms with E-state index in [-0.39, 0.29) is 11.6 Å². The van der Waals surface area contributed by atoms with Gasteiger partial charge in [-0.15, -0.1) is 0 Å². The molecule has 1 heterocycles. The number of aromatic nitrogens is 1. The quantitative estimate of drug-likeness (QED) is 0.893. The van der Waals surface area contributed by atoms with Crippen LogP contribution in [-0.2, 0) is 0 Å². The molecule has 21 heavy (non-hydrogen) atoms. The number of rotatable bonds is 5. The minimum Gasteiger partial charge on any atom is -0.352 e. The highest BCUT2D eigenvalue weighted by Gasteiger charge is 2.20. The van der Waals surface area contributed by atoms with Crippen LogP contribution in [0.25, 0.3) is 0 Å². The van der Waals surface area contributed by atoms with Crippen LogP contribution in [0.4, 0.5) is 8.78 Å². The van der Waals surface area contributed by atoms with E-state index in [1.807, 2.05) is 0 Å².